The molecule has 1 aliphatic rings. The van der Waals surface area contributed by atoms with Crippen molar-refractivity contribution in [2.45, 2.75) is 6.04 Å². The summed E-state index contributed by atoms with van der Waals surface area (Å²) in [6, 6.07) is 24.5. The van der Waals surface area contributed by atoms with Crippen LogP contribution in [0.15, 0.2) is 84.9 Å². The number of benzene rings is 3. The summed E-state index contributed by atoms with van der Waals surface area (Å²) in [5.74, 6) is 1.90. The van der Waals surface area contributed by atoms with Gasteiger partial charge >= 0.3 is 0 Å². The summed E-state index contributed by atoms with van der Waals surface area (Å²) in [5.41, 5.74) is 3.43. The molecule has 0 fully saturated rings. The van der Waals surface area contributed by atoms with Crippen LogP contribution in [0.1, 0.15) is 27.5 Å². The lowest BCUT2D eigenvalue weighted by atomic mass is 10.0. The van der Waals surface area contributed by atoms with Gasteiger partial charge in [-0.15, -0.1) is 5.10 Å². The minimum atomic E-state index is -0.303. The molecule has 34 heavy (non-hydrogen) atoms. The second-order valence-electron chi connectivity index (χ2n) is 7.68. The Morgan fingerprint density at radius 1 is 0.912 bits per heavy atom. The summed E-state index contributed by atoms with van der Waals surface area (Å²) in [5, 5.41) is 10.7. The normalized spacial score (nSPS) is 14.4. The fraction of sp³-hybridized carbons (Fsp3) is 0.115. The summed E-state index contributed by atoms with van der Waals surface area (Å²) >= 11 is 0. The fourth-order valence-electron chi connectivity index (χ4n) is 3.79. The van der Waals surface area contributed by atoms with Crippen molar-refractivity contribution in [1.29, 1.82) is 0 Å². The molecule has 1 atom stereocenters. The first kappa shape index (κ1) is 21.3. The molecule has 0 aliphatic carbocycles. The van der Waals surface area contributed by atoms with Crippen molar-refractivity contribution < 1.29 is 14.3 Å². The van der Waals surface area contributed by atoms with Gasteiger partial charge in [0.25, 0.3) is 11.9 Å². The molecule has 2 N–H and O–H groups in total. The number of aromatic nitrogens is 3. The molecule has 3 aromatic carbocycles. The first-order valence-electron chi connectivity index (χ1n) is 10.7. The van der Waals surface area contributed by atoms with E-state index >= 15 is 0 Å². The lowest BCUT2D eigenvalue weighted by molar-refractivity contribution is 0.102. The molecule has 8 nitrogen and oxygen atoms in total. The van der Waals surface area contributed by atoms with Gasteiger partial charge in [0.1, 0.15) is 17.5 Å². The molecule has 4 aromatic rings. The van der Waals surface area contributed by atoms with Crippen molar-refractivity contribution >= 4 is 23.5 Å². The third-order valence-corrected chi connectivity index (χ3v) is 5.59. The monoisotopic (exact) mass is 453 g/mol. The van der Waals surface area contributed by atoms with Crippen LogP contribution in [-0.4, -0.2) is 34.9 Å². The van der Waals surface area contributed by atoms with Crippen LogP contribution < -0.4 is 20.1 Å². The summed E-state index contributed by atoms with van der Waals surface area (Å²) in [6.45, 7) is 0. The molecule has 1 amide bonds. The number of hydrogen-bond acceptors (Lipinski definition) is 6. The maximum atomic E-state index is 12.7. The number of amides is 1. The smallest absolute Gasteiger partial charge is 0.258 e. The molecule has 0 spiro atoms. The number of carbonyl (C=O) groups is 1. The van der Waals surface area contributed by atoms with Gasteiger partial charge in [-0.3, -0.25) is 10.1 Å². The minimum Gasteiger partial charge on any atom is -0.497 e. The van der Waals surface area contributed by atoms with Crippen molar-refractivity contribution in [3.8, 4) is 11.5 Å². The molecule has 0 bridgehead atoms. The predicted molar refractivity (Wildman–Crippen MR) is 130 cm³/mol. The van der Waals surface area contributed by atoms with Crippen LogP contribution in [0.25, 0.3) is 5.70 Å². The highest BCUT2D eigenvalue weighted by Crippen LogP contribution is 2.33. The number of rotatable bonds is 6. The summed E-state index contributed by atoms with van der Waals surface area (Å²) in [7, 11) is 3.22. The Kier molecular flexibility index (Phi) is 5.70. The van der Waals surface area contributed by atoms with Gasteiger partial charge in [0.05, 0.1) is 14.2 Å². The molecular formula is C26H23N5O3. The van der Waals surface area contributed by atoms with Crippen LogP contribution in [0.3, 0.4) is 0 Å². The van der Waals surface area contributed by atoms with Crippen molar-refractivity contribution in [2.75, 3.05) is 24.9 Å². The number of carbonyl (C=O) groups excluding carboxylic acids is 1. The van der Waals surface area contributed by atoms with E-state index in [4.69, 9.17) is 9.47 Å². The molecule has 0 saturated heterocycles. The van der Waals surface area contributed by atoms with E-state index < -0.39 is 0 Å². The quantitative estimate of drug-likeness (QED) is 0.443. The first-order chi connectivity index (χ1) is 16.6. The molecule has 8 heteroatoms. The molecular weight excluding hydrogens is 430 g/mol. The van der Waals surface area contributed by atoms with E-state index in [0.717, 1.165) is 22.6 Å². The highest BCUT2D eigenvalue weighted by molar-refractivity contribution is 6.03. The molecule has 2 heterocycles. The van der Waals surface area contributed by atoms with E-state index in [1.54, 1.807) is 43.2 Å². The number of allylic oxidation sites excluding steroid dienone is 1. The highest BCUT2D eigenvalue weighted by atomic mass is 16.5. The Bertz CT molecular complexity index is 1330. The van der Waals surface area contributed by atoms with Gasteiger partial charge in [0.15, 0.2) is 0 Å². The number of methoxy groups -OCH3 is 2. The lowest BCUT2D eigenvalue weighted by Gasteiger charge is -2.24. The summed E-state index contributed by atoms with van der Waals surface area (Å²) < 4.78 is 12.2. The lowest BCUT2D eigenvalue weighted by Crippen LogP contribution is -2.20. The zero-order valence-electron chi connectivity index (χ0n) is 18.7. The van der Waals surface area contributed by atoms with Gasteiger partial charge in [-0.05, 0) is 53.6 Å². The first-order valence-corrected chi connectivity index (χ1v) is 10.7. The largest absolute Gasteiger partial charge is 0.497 e. The van der Waals surface area contributed by atoms with E-state index in [1.807, 2.05) is 54.6 Å². The Balaban J connectivity index is 1.47. The van der Waals surface area contributed by atoms with Gasteiger partial charge < -0.3 is 14.8 Å². The van der Waals surface area contributed by atoms with E-state index in [0.29, 0.717) is 17.3 Å². The second kappa shape index (κ2) is 9.11. The maximum absolute atomic E-state index is 12.7. The average Bonchev–Trinajstić information content (AvgIpc) is 3.31. The zero-order valence-corrected chi connectivity index (χ0v) is 18.7. The molecule has 5 rings (SSSR count). The Hall–Kier alpha value is -4.59. The van der Waals surface area contributed by atoms with Crippen LogP contribution in [0.4, 0.5) is 11.9 Å². The number of ether oxygens (including phenoxy) is 2. The van der Waals surface area contributed by atoms with Crippen molar-refractivity contribution in [3.05, 3.63) is 102 Å². The van der Waals surface area contributed by atoms with E-state index in [9.17, 15) is 4.79 Å². The van der Waals surface area contributed by atoms with Gasteiger partial charge in [0.2, 0.25) is 5.95 Å². The van der Waals surface area contributed by atoms with E-state index in [-0.39, 0.29) is 17.9 Å². The topological polar surface area (TPSA) is 90.3 Å². The minimum absolute atomic E-state index is 0.213. The van der Waals surface area contributed by atoms with E-state index in [2.05, 4.69) is 26.8 Å². The number of anilines is 2. The number of nitrogens with one attached hydrogen (secondary N) is 2. The highest BCUT2D eigenvalue weighted by Gasteiger charge is 2.26. The standard InChI is InChI=1S/C26H23N5O3/c1-33-20-12-8-18(9-13-20)23-16-22(17-6-4-3-5-7-17)27-26-29-25(30-31(23)26)28-24(32)19-10-14-21(34-2)15-11-19/h3-16,23H,1-2H3,(H2,27,28,29,30,32)/t23-/m1/s1. The molecule has 1 aliphatic heterocycles. The number of hydrogen-bond donors (Lipinski definition) is 2. The van der Waals surface area contributed by atoms with Crippen LogP contribution in [0.5, 0.6) is 11.5 Å². The van der Waals surface area contributed by atoms with Crippen molar-refractivity contribution in [3.63, 3.8) is 0 Å². The van der Waals surface area contributed by atoms with Crippen LogP contribution in [0, 0.1) is 0 Å². The van der Waals surface area contributed by atoms with Gasteiger partial charge in [0, 0.05) is 11.3 Å². The average molecular weight is 454 g/mol. The SMILES string of the molecule is COc1ccc(C(=O)Nc2nc3n(n2)[C@@H](c2ccc(OC)cc2)C=C(c2ccccc2)N3)cc1. The van der Waals surface area contributed by atoms with Crippen molar-refractivity contribution in [1.82, 2.24) is 14.8 Å². The Labute approximate surface area is 196 Å². The zero-order chi connectivity index (χ0) is 23.5. The summed E-state index contributed by atoms with van der Waals surface area (Å²) in [6.07, 6.45) is 2.09. The maximum Gasteiger partial charge on any atom is 0.258 e. The summed E-state index contributed by atoms with van der Waals surface area (Å²) in [4.78, 5) is 17.3. The number of nitrogens with zero attached hydrogens (tertiary/aromatic N) is 3. The Morgan fingerprint density at radius 3 is 2.21 bits per heavy atom. The Morgan fingerprint density at radius 2 is 1.56 bits per heavy atom. The van der Waals surface area contributed by atoms with Crippen LogP contribution in [0.2, 0.25) is 0 Å². The third kappa shape index (κ3) is 4.21. The molecule has 0 radical (unpaired) electrons. The predicted octanol–water partition coefficient (Wildman–Crippen LogP) is 4.60. The number of fused-ring (bicyclic) bond motifs is 1. The molecule has 170 valence electrons. The van der Waals surface area contributed by atoms with Crippen LogP contribution in [-0.2, 0) is 0 Å². The van der Waals surface area contributed by atoms with Crippen LogP contribution >= 0.6 is 0 Å². The molecule has 1 aromatic heterocycles. The third-order valence-electron chi connectivity index (χ3n) is 5.59. The second-order valence-corrected chi connectivity index (χ2v) is 7.68. The van der Waals surface area contributed by atoms with Gasteiger partial charge in [-0.2, -0.15) is 4.98 Å². The van der Waals surface area contributed by atoms with Gasteiger partial charge in [-0.1, -0.05) is 42.5 Å². The van der Waals surface area contributed by atoms with E-state index in [1.165, 1.54) is 0 Å². The van der Waals surface area contributed by atoms with Crippen molar-refractivity contribution in [2.24, 2.45) is 0 Å². The fourth-order valence-corrected chi connectivity index (χ4v) is 3.79. The van der Waals surface area contributed by atoms with Gasteiger partial charge in [-0.25, -0.2) is 4.68 Å². The molecule has 0 unspecified atom stereocenters. The molecule has 0 saturated carbocycles.